The fraction of sp³-hybridized carbons (Fsp3) is 0.300. The molecular formula is C20H24N2. The van der Waals surface area contributed by atoms with E-state index in [1.807, 2.05) is 0 Å². The van der Waals surface area contributed by atoms with Gasteiger partial charge in [-0.25, -0.2) is 0 Å². The summed E-state index contributed by atoms with van der Waals surface area (Å²) in [6, 6.07) is 19.4. The van der Waals surface area contributed by atoms with Crippen molar-refractivity contribution in [3.63, 3.8) is 0 Å². The summed E-state index contributed by atoms with van der Waals surface area (Å²) in [5, 5.41) is 4.92. The predicted octanol–water partition coefficient (Wildman–Crippen LogP) is 4.58. The smallest absolute Gasteiger partial charge is 0.0486 e. The molecule has 0 aliphatic carbocycles. The molecule has 0 aliphatic rings. The zero-order valence-electron chi connectivity index (χ0n) is 13.3. The average Bonchev–Trinajstić information content (AvgIpc) is 2.91. The van der Waals surface area contributed by atoms with Crippen LogP contribution in [0.15, 0.2) is 60.8 Å². The second kappa shape index (κ2) is 7.28. The van der Waals surface area contributed by atoms with Crippen molar-refractivity contribution in [2.24, 2.45) is 0 Å². The minimum atomic E-state index is 0.927. The largest absolute Gasteiger partial charge is 0.343 e. The van der Waals surface area contributed by atoms with Crippen LogP contribution in [0.2, 0.25) is 0 Å². The van der Waals surface area contributed by atoms with Gasteiger partial charge in [0.15, 0.2) is 0 Å². The lowest BCUT2D eigenvalue weighted by atomic mass is 10.2. The fourth-order valence-corrected chi connectivity index (χ4v) is 2.90. The lowest BCUT2D eigenvalue weighted by molar-refractivity contribution is 0.641. The lowest BCUT2D eigenvalue weighted by Crippen LogP contribution is -2.14. The zero-order valence-corrected chi connectivity index (χ0v) is 13.3. The first-order valence-corrected chi connectivity index (χ1v) is 8.20. The molecule has 2 heteroatoms. The Bertz CT molecular complexity index is 713. The van der Waals surface area contributed by atoms with Gasteiger partial charge in [0.25, 0.3) is 0 Å². The number of fused-ring (bicyclic) bond motifs is 1. The van der Waals surface area contributed by atoms with Gasteiger partial charge in [0.2, 0.25) is 0 Å². The number of unbranched alkanes of at least 4 members (excludes halogenated alkanes) is 1. The molecular weight excluding hydrogens is 268 g/mol. The first-order valence-electron chi connectivity index (χ1n) is 8.20. The molecule has 0 fully saturated rings. The molecule has 0 atom stereocenters. The van der Waals surface area contributed by atoms with Crippen LogP contribution in [0.25, 0.3) is 10.9 Å². The highest BCUT2D eigenvalue weighted by Crippen LogP contribution is 2.22. The minimum absolute atomic E-state index is 0.927. The van der Waals surface area contributed by atoms with Gasteiger partial charge in [0.1, 0.15) is 0 Å². The van der Waals surface area contributed by atoms with Gasteiger partial charge in [-0.1, -0.05) is 61.9 Å². The molecule has 114 valence electrons. The first kappa shape index (κ1) is 14.9. The molecule has 22 heavy (non-hydrogen) atoms. The van der Waals surface area contributed by atoms with Gasteiger partial charge in [0.05, 0.1) is 0 Å². The van der Waals surface area contributed by atoms with Crippen molar-refractivity contribution in [1.82, 2.24) is 9.88 Å². The third-order valence-corrected chi connectivity index (χ3v) is 4.09. The van der Waals surface area contributed by atoms with Crippen molar-refractivity contribution in [2.45, 2.75) is 32.9 Å². The second-order valence-corrected chi connectivity index (χ2v) is 5.82. The summed E-state index contributed by atoms with van der Waals surface area (Å²) in [7, 11) is 0. The number of aromatic nitrogens is 1. The standard InChI is InChI=1S/C20H24N2/c1-2-3-13-21-14-18-16-22(15-17-9-5-4-6-10-17)20-12-8-7-11-19(18)20/h4-12,16,21H,2-3,13-15H2,1H3. The molecule has 3 aromatic rings. The van der Waals surface area contributed by atoms with E-state index in [0.717, 1.165) is 19.6 Å². The van der Waals surface area contributed by atoms with Crippen molar-refractivity contribution in [3.8, 4) is 0 Å². The molecule has 0 aliphatic heterocycles. The Morgan fingerprint density at radius 2 is 1.73 bits per heavy atom. The Kier molecular flexibility index (Phi) is 4.92. The molecule has 0 bridgehead atoms. The van der Waals surface area contributed by atoms with Crippen molar-refractivity contribution >= 4 is 10.9 Å². The summed E-state index contributed by atoms with van der Waals surface area (Å²) in [5.74, 6) is 0. The maximum Gasteiger partial charge on any atom is 0.0486 e. The van der Waals surface area contributed by atoms with E-state index < -0.39 is 0 Å². The Hall–Kier alpha value is -2.06. The molecule has 2 aromatic carbocycles. The van der Waals surface area contributed by atoms with E-state index in [4.69, 9.17) is 0 Å². The summed E-state index contributed by atoms with van der Waals surface area (Å²) >= 11 is 0. The van der Waals surface area contributed by atoms with E-state index in [1.165, 1.54) is 34.9 Å². The quantitative estimate of drug-likeness (QED) is 0.631. The Morgan fingerprint density at radius 3 is 2.55 bits per heavy atom. The van der Waals surface area contributed by atoms with E-state index in [0.29, 0.717) is 0 Å². The van der Waals surface area contributed by atoms with Crippen LogP contribution in [0.3, 0.4) is 0 Å². The van der Waals surface area contributed by atoms with Gasteiger partial charge in [0, 0.05) is 30.2 Å². The molecule has 0 radical (unpaired) electrons. The van der Waals surface area contributed by atoms with Crippen LogP contribution in [0.1, 0.15) is 30.9 Å². The molecule has 1 heterocycles. The van der Waals surface area contributed by atoms with E-state index in [1.54, 1.807) is 0 Å². The fourth-order valence-electron chi connectivity index (χ4n) is 2.90. The maximum absolute atomic E-state index is 3.56. The van der Waals surface area contributed by atoms with Gasteiger partial charge >= 0.3 is 0 Å². The topological polar surface area (TPSA) is 17.0 Å². The van der Waals surface area contributed by atoms with Crippen LogP contribution in [-0.2, 0) is 13.1 Å². The van der Waals surface area contributed by atoms with Crippen LogP contribution in [0.5, 0.6) is 0 Å². The van der Waals surface area contributed by atoms with Gasteiger partial charge in [-0.05, 0) is 30.2 Å². The molecule has 1 N–H and O–H groups in total. The summed E-state index contributed by atoms with van der Waals surface area (Å²) in [5.41, 5.74) is 4.05. The highest BCUT2D eigenvalue weighted by molar-refractivity contribution is 5.84. The minimum Gasteiger partial charge on any atom is -0.343 e. The number of nitrogens with zero attached hydrogens (tertiary/aromatic N) is 1. The van der Waals surface area contributed by atoms with Crippen molar-refractivity contribution in [2.75, 3.05) is 6.54 Å². The monoisotopic (exact) mass is 292 g/mol. The summed E-state index contributed by atoms with van der Waals surface area (Å²) in [4.78, 5) is 0. The molecule has 0 amide bonds. The molecule has 0 unspecified atom stereocenters. The third-order valence-electron chi connectivity index (χ3n) is 4.09. The summed E-state index contributed by atoms with van der Waals surface area (Å²) < 4.78 is 2.36. The van der Waals surface area contributed by atoms with Crippen LogP contribution in [0.4, 0.5) is 0 Å². The maximum atomic E-state index is 3.56. The highest BCUT2D eigenvalue weighted by atomic mass is 15.0. The van der Waals surface area contributed by atoms with E-state index >= 15 is 0 Å². The molecule has 2 nitrogen and oxygen atoms in total. The van der Waals surface area contributed by atoms with Gasteiger partial charge < -0.3 is 9.88 Å². The molecule has 0 spiro atoms. The van der Waals surface area contributed by atoms with Crippen LogP contribution in [0, 0.1) is 0 Å². The van der Waals surface area contributed by atoms with Crippen molar-refractivity contribution < 1.29 is 0 Å². The van der Waals surface area contributed by atoms with E-state index in [2.05, 4.69) is 77.6 Å². The number of benzene rings is 2. The first-order chi connectivity index (χ1) is 10.9. The molecule has 0 saturated heterocycles. The SMILES string of the molecule is CCCCNCc1cn(Cc2ccccc2)c2ccccc12. The summed E-state index contributed by atoms with van der Waals surface area (Å²) in [6.45, 7) is 5.20. The Balaban J connectivity index is 1.84. The highest BCUT2D eigenvalue weighted by Gasteiger charge is 2.08. The second-order valence-electron chi connectivity index (χ2n) is 5.82. The molecule has 0 saturated carbocycles. The van der Waals surface area contributed by atoms with Gasteiger partial charge in [-0.15, -0.1) is 0 Å². The predicted molar refractivity (Wildman–Crippen MR) is 94.1 cm³/mol. The number of nitrogens with one attached hydrogen (secondary N) is 1. The Morgan fingerprint density at radius 1 is 0.955 bits per heavy atom. The van der Waals surface area contributed by atoms with Crippen LogP contribution < -0.4 is 5.32 Å². The van der Waals surface area contributed by atoms with E-state index in [9.17, 15) is 0 Å². The molecule has 1 aromatic heterocycles. The third kappa shape index (κ3) is 3.40. The van der Waals surface area contributed by atoms with Crippen molar-refractivity contribution in [3.05, 3.63) is 71.9 Å². The van der Waals surface area contributed by atoms with Crippen LogP contribution >= 0.6 is 0 Å². The number of hydrogen-bond acceptors (Lipinski definition) is 1. The zero-order chi connectivity index (χ0) is 15.2. The molecule has 3 rings (SSSR count). The normalized spacial score (nSPS) is 11.1. The number of para-hydroxylation sites is 1. The van der Waals surface area contributed by atoms with Crippen LogP contribution in [-0.4, -0.2) is 11.1 Å². The average molecular weight is 292 g/mol. The van der Waals surface area contributed by atoms with E-state index in [-0.39, 0.29) is 0 Å². The number of rotatable bonds is 7. The number of hydrogen-bond donors (Lipinski definition) is 1. The van der Waals surface area contributed by atoms with Gasteiger partial charge in [-0.2, -0.15) is 0 Å². The Labute approximate surface area is 132 Å². The lowest BCUT2D eigenvalue weighted by Gasteiger charge is -2.05. The summed E-state index contributed by atoms with van der Waals surface area (Å²) in [6.07, 6.45) is 4.78. The van der Waals surface area contributed by atoms with Gasteiger partial charge in [-0.3, -0.25) is 0 Å². The van der Waals surface area contributed by atoms with Crippen molar-refractivity contribution in [1.29, 1.82) is 0 Å².